The summed E-state index contributed by atoms with van der Waals surface area (Å²) >= 11 is 1.34. The van der Waals surface area contributed by atoms with E-state index in [4.69, 9.17) is 11.5 Å². The summed E-state index contributed by atoms with van der Waals surface area (Å²) in [5.41, 5.74) is 14.8. The van der Waals surface area contributed by atoms with E-state index in [1.54, 1.807) is 37.3 Å². The van der Waals surface area contributed by atoms with Gasteiger partial charge in [-0.05, 0) is 54.0 Å². The Morgan fingerprint density at radius 2 is 1.64 bits per heavy atom. The smallest absolute Gasteiger partial charge is 0.395 e. The average Bonchev–Trinajstić information content (AvgIpc) is 3.40. The number of allylic oxidation sites excluding steroid dienone is 3. The Hall–Kier alpha value is -4.52. The Morgan fingerprint density at radius 3 is 2.38 bits per heavy atom. The van der Waals surface area contributed by atoms with Gasteiger partial charge in [-0.15, -0.1) is 10.2 Å². The first-order chi connectivity index (χ1) is 21.4. The number of hydrogen-bond donors (Lipinski definition) is 4. The van der Waals surface area contributed by atoms with Crippen molar-refractivity contribution in [3.05, 3.63) is 100.0 Å². The zero-order valence-corrected chi connectivity index (χ0v) is 25.7. The first-order valence-electron chi connectivity index (χ1n) is 14.4. The molecule has 9 nitrogen and oxygen atoms in total. The predicted octanol–water partition coefficient (Wildman–Crippen LogP) is 5.45. The number of nitrogens with two attached hydrogens (primary N) is 2. The molecule has 1 aromatic heterocycles. The molecule has 13 heteroatoms. The molecule has 1 heterocycles. The summed E-state index contributed by atoms with van der Waals surface area (Å²) in [6, 6.07) is 16.3. The molecule has 1 atom stereocenters. The highest BCUT2D eigenvalue weighted by atomic mass is 32.1. The van der Waals surface area contributed by atoms with Gasteiger partial charge < -0.3 is 22.1 Å². The Morgan fingerprint density at radius 1 is 0.933 bits per heavy atom. The fourth-order valence-corrected chi connectivity index (χ4v) is 5.23. The number of aromatic nitrogens is 2. The number of alkyl halides is 3. The van der Waals surface area contributed by atoms with Crippen LogP contribution in [0, 0.1) is 0 Å². The number of nitrogens with zero attached hydrogens (tertiary/aromatic N) is 2. The van der Waals surface area contributed by atoms with Gasteiger partial charge in [-0.1, -0.05) is 72.9 Å². The van der Waals surface area contributed by atoms with E-state index in [2.05, 4.69) is 20.8 Å². The quantitative estimate of drug-likeness (QED) is 0.120. The molecule has 6 N–H and O–H groups in total. The summed E-state index contributed by atoms with van der Waals surface area (Å²) < 4.78 is 37.4. The van der Waals surface area contributed by atoms with E-state index in [-0.39, 0.29) is 36.9 Å². The van der Waals surface area contributed by atoms with Crippen molar-refractivity contribution in [3.8, 4) is 0 Å². The molecule has 0 bridgehead atoms. The third kappa shape index (κ3) is 13.8. The number of amides is 2. The normalized spacial score (nSPS) is 12.9. The number of aryl methyl sites for hydroxylation is 1. The number of carbonyl (C=O) groups is 3. The van der Waals surface area contributed by atoms with Gasteiger partial charge in [0.1, 0.15) is 23.0 Å². The lowest BCUT2D eigenvalue weighted by Gasteiger charge is -2.13. The van der Waals surface area contributed by atoms with Crippen LogP contribution >= 0.6 is 11.3 Å². The topological polar surface area (TPSA) is 153 Å². The maximum atomic E-state index is 12.5. The van der Waals surface area contributed by atoms with Crippen molar-refractivity contribution in [2.24, 2.45) is 11.5 Å². The van der Waals surface area contributed by atoms with E-state index in [0.717, 1.165) is 23.4 Å². The molecule has 0 saturated carbocycles. The summed E-state index contributed by atoms with van der Waals surface area (Å²) in [5, 5.41) is 14.8. The van der Waals surface area contributed by atoms with Gasteiger partial charge >= 0.3 is 6.18 Å². The largest absolute Gasteiger partial charge is 0.402 e. The second kappa shape index (κ2) is 17.1. The van der Waals surface area contributed by atoms with Gasteiger partial charge in [0.15, 0.2) is 0 Å². The standard InChI is InChI=1S/C32H37F3N6O3S/c1-21(16-26(42)20-32(33,34)35)24-11-7-10-23(17-24)19-28(43)38-27(37)15-14-25(36)12-5-6-13-30-40-41-31(45-30)39-29(44)18-22-8-3-2-4-9-22/h2-4,7-11,14-15,17,21H,5-6,12-13,16,18-20,36-37H2,1H3,(H,38,43)(H,39,41,44)/b25-14-,27-15+. The number of ketones is 1. The molecule has 1 unspecified atom stereocenters. The number of Topliss-reactive ketones (excluding diaryl/α,β-unsaturated/α-hetero) is 1. The fourth-order valence-electron chi connectivity index (χ4n) is 4.43. The van der Waals surface area contributed by atoms with Gasteiger partial charge in [0.25, 0.3) is 0 Å². The van der Waals surface area contributed by atoms with Crippen LogP contribution in [0.2, 0.25) is 0 Å². The SMILES string of the molecule is CC(CC(=O)CC(F)(F)F)c1cccc(CC(=O)N/C(N)=C/C=C(\N)CCCCc2nnc(NC(=O)Cc3ccccc3)s2)c1. The van der Waals surface area contributed by atoms with Crippen molar-refractivity contribution in [3.63, 3.8) is 0 Å². The summed E-state index contributed by atoms with van der Waals surface area (Å²) in [6.07, 6.45) is 0.0682. The highest BCUT2D eigenvalue weighted by Crippen LogP contribution is 2.26. The number of anilines is 1. The molecule has 0 spiro atoms. The Labute approximate surface area is 264 Å². The molecular formula is C32H37F3N6O3S. The zero-order valence-electron chi connectivity index (χ0n) is 24.9. The van der Waals surface area contributed by atoms with Gasteiger partial charge in [0.05, 0.1) is 12.8 Å². The minimum Gasteiger partial charge on any atom is -0.402 e. The molecule has 3 rings (SSSR count). The lowest BCUT2D eigenvalue weighted by atomic mass is 9.93. The van der Waals surface area contributed by atoms with E-state index in [0.29, 0.717) is 34.8 Å². The molecule has 0 saturated heterocycles. The van der Waals surface area contributed by atoms with Crippen LogP contribution in [-0.2, 0) is 33.6 Å². The monoisotopic (exact) mass is 642 g/mol. The Balaban J connectivity index is 1.37. The van der Waals surface area contributed by atoms with Crippen LogP contribution in [0.25, 0.3) is 0 Å². The first kappa shape index (κ1) is 35.0. The van der Waals surface area contributed by atoms with Crippen molar-refractivity contribution < 1.29 is 27.6 Å². The third-order valence-corrected chi connectivity index (χ3v) is 7.50. The molecule has 0 aliphatic carbocycles. The van der Waals surface area contributed by atoms with E-state index in [9.17, 15) is 27.6 Å². The maximum Gasteiger partial charge on any atom is 0.395 e. The fraction of sp³-hybridized carbons (Fsp3) is 0.344. The molecule has 0 aliphatic rings. The third-order valence-electron chi connectivity index (χ3n) is 6.60. The van der Waals surface area contributed by atoms with E-state index in [1.807, 2.05) is 30.3 Å². The van der Waals surface area contributed by atoms with Gasteiger partial charge in [0, 0.05) is 18.5 Å². The molecule has 3 aromatic rings. The minimum atomic E-state index is -4.53. The zero-order chi connectivity index (χ0) is 32.8. The van der Waals surface area contributed by atoms with Crippen LogP contribution in [0.3, 0.4) is 0 Å². The van der Waals surface area contributed by atoms with Crippen molar-refractivity contribution >= 4 is 34.1 Å². The first-order valence-corrected chi connectivity index (χ1v) is 15.2. The number of benzene rings is 2. The van der Waals surface area contributed by atoms with E-state index >= 15 is 0 Å². The van der Waals surface area contributed by atoms with Crippen molar-refractivity contribution in [2.75, 3.05) is 5.32 Å². The molecule has 240 valence electrons. The van der Waals surface area contributed by atoms with Crippen molar-refractivity contribution in [2.45, 2.75) is 70.4 Å². The minimum absolute atomic E-state index is 0.00513. The van der Waals surface area contributed by atoms with Gasteiger partial charge in [-0.3, -0.25) is 14.4 Å². The van der Waals surface area contributed by atoms with Gasteiger partial charge in [0.2, 0.25) is 16.9 Å². The molecule has 2 aromatic carbocycles. The number of nitrogens with one attached hydrogen (secondary N) is 2. The number of hydrogen-bond acceptors (Lipinski definition) is 8. The second-order valence-electron chi connectivity index (χ2n) is 10.7. The highest BCUT2D eigenvalue weighted by Gasteiger charge is 2.31. The molecule has 45 heavy (non-hydrogen) atoms. The molecule has 2 amide bonds. The Kier molecular flexibility index (Phi) is 13.3. The second-order valence-corrected chi connectivity index (χ2v) is 11.8. The molecule has 0 aliphatic heterocycles. The number of rotatable bonds is 16. The van der Waals surface area contributed by atoms with Crippen LogP contribution < -0.4 is 22.1 Å². The van der Waals surface area contributed by atoms with Crippen LogP contribution in [0.1, 0.15) is 66.6 Å². The summed E-state index contributed by atoms with van der Waals surface area (Å²) in [7, 11) is 0. The molecule has 0 radical (unpaired) electrons. The lowest BCUT2D eigenvalue weighted by Crippen LogP contribution is -2.28. The van der Waals surface area contributed by atoms with Crippen LogP contribution in [0.15, 0.2) is 78.3 Å². The van der Waals surface area contributed by atoms with Crippen molar-refractivity contribution in [1.29, 1.82) is 0 Å². The average molecular weight is 643 g/mol. The van der Waals surface area contributed by atoms with Gasteiger partial charge in [-0.25, -0.2) is 0 Å². The predicted molar refractivity (Wildman–Crippen MR) is 168 cm³/mol. The van der Waals surface area contributed by atoms with Gasteiger partial charge in [-0.2, -0.15) is 13.2 Å². The van der Waals surface area contributed by atoms with E-state index in [1.165, 1.54) is 17.4 Å². The number of halogens is 3. The molecular weight excluding hydrogens is 605 g/mol. The number of unbranched alkanes of at least 4 members (excludes halogenated alkanes) is 1. The molecule has 0 fully saturated rings. The van der Waals surface area contributed by atoms with Crippen molar-refractivity contribution in [1.82, 2.24) is 15.5 Å². The number of carbonyl (C=O) groups excluding carboxylic acids is 3. The van der Waals surface area contributed by atoms with E-state index < -0.39 is 24.3 Å². The van der Waals surface area contributed by atoms with Crippen LogP contribution in [0.4, 0.5) is 18.3 Å². The Bertz CT molecular complexity index is 1510. The summed E-state index contributed by atoms with van der Waals surface area (Å²) in [4.78, 5) is 36.4. The lowest BCUT2D eigenvalue weighted by molar-refractivity contribution is -0.152. The van der Waals surface area contributed by atoms with Crippen LogP contribution in [-0.4, -0.2) is 34.0 Å². The van der Waals surface area contributed by atoms with Crippen LogP contribution in [0.5, 0.6) is 0 Å². The highest BCUT2D eigenvalue weighted by molar-refractivity contribution is 7.15. The summed E-state index contributed by atoms with van der Waals surface area (Å²) in [6.45, 7) is 1.67. The summed E-state index contributed by atoms with van der Waals surface area (Å²) in [5.74, 6) is -1.71. The maximum absolute atomic E-state index is 12.5.